The Hall–Kier alpha value is -2.61. The molecule has 1 heterocycles. The fourth-order valence-corrected chi connectivity index (χ4v) is 6.94. The Bertz CT molecular complexity index is 1430. The first kappa shape index (κ1) is 31.6. The summed E-state index contributed by atoms with van der Waals surface area (Å²) in [6, 6.07) is 5.21. The lowest BCUT2D eigenvalue weighted by atomic mass is 9.85. The standard InChI is InChI=1S/C23H23F6NO5S2.CH4/c1-21(2,37(34,35)17-6-4-5-15(11-17)22(24,25)26)14-9-10-30(20(31)13-14)18-8-7-16(23(27,28)29)12-19(18)36(3,32)33;/h4-8,11-12,14H,9-10,13H2,1-3H3;1H4/t14-;/m1./s1. The average Bonchev–Trinajstić information content (AvgIpc) is 2.77. The molecule has 0 N–H and O–H groups in total. The number of halogens is 6. The summed E-state index contributed by atoms with van der Waals surface area (Å²) in [7, 11) is -8.56. The summed E-state index contributed by atoms with van der Waals surface area (Å²) >= 11 is 0. The van der Waals surface area contributed by atoms with Gasteiger partial charge in [0.15, 0.2) is 19.7 Å². The van der Waals surface area contributed by atoms with Gasteiger partial charge in [0, 0.05) is 19.2 Å². The Morgan fingerprint density at radius 3 is 1.92 bits per heavy atom. The Kier molecular flexibility index (Phi) is 8.46. The largest absolute Gasteiger partial charge is 0.416 e. The number of rotatable bonds is 5. The highest BCUT2D eigenvalue weighted by Gasteiger charge is 2.47. The Labute approximate surface area is 217 Å². The van der Waals surface area contributed by atoms with Crippen molar-refractivity contribution in [3.8, 4) is 0 Å². The number of amides is 1. The van der Waals surface area contributed by atoms with Crippen LogP contribution < -0.4 is 4.90 Å². The minimum Gasteiger partial charge on any atom is -0.311 e. The van der Waals surface area contributed by atoms with Crippen LogP contribution in [0.5, 0.6) is 0 Å². The number of alkyl halides is 6. The van der Waals surface area contributed by atoms with Gasteiger partial charge in [-0.1, -0.05) is 13.5 Å². The van der Waals surface area contributed by atoms with Gasteiger partial charge in [-0.15, -0.1) is 0 Å². The number of sulfone groups is 2. The van der Waals surface area contributed by atoms with Gasteiger partial charge >= 0.3 is 12.4 Å². The summed E-state index contributed by atoms with van der Waals surface area (Å²) in [4.78, 5) is 12.7. The predicted molar refractivity (Wildman–Crippen MR) is 129 cm³/mol. The summed E-state index contributed by atoms with van der Waals surface area (Å²) < 4.78 is 128. The SMILES string of the molecule is C.CC(C)([C@@H]1CCN(c2ccc(C(F)(F)F)cc2S(C)(=O)=O)C(=O)C1)S(=O)(=O)c1cccc(C(F)(F)F)c1. The fraction of sp³-hybridized carbons (Fsp3) is 0.458. The van der Waals surface area contributed by atoms with Crippen LogP contribution >= 0.6 is 0 Å². The zero-order chi connectivity index (χ0) is 28.2. The first-order chi connectivity index (χ1) is 16.7. The smallest absolute Gasteiger partial charge is 0.311 e. The van der Waals surface area contributed by atoms with Crippen molar-refractivity contribution in [1.29, 1.82) is 0 Å². The molecule has 3 rings (SSSR count). The van der Waals surface area contributed by atoms with Crippen molar-refractivity contribution in [2.45, 2.75) is 61.0 Å². The highest BCUT2D eigenvalue weighted by Crippen LogP contribution is 2.42. The molecule has 0 aliphatic carbocycles. The van der Waals surface area contributed by atoms with Gasteiger partial charge in [-0.25, -0.2) is 16.8 Å². The zero-order valence-electron chi connectivity index (χ0n) is 19.8. The molecule has 6 nitrogen and oxygen atoms in total. The van der Waals surface area contributed by atoms with Crippen molar-refractivity contribution in [3.05, 3.63) is 53.6 Å². The summed E-state index contributed by atoms with van der Waals surface area (Å²) in [6.07, 6.45) is -9.31. The number of carbonyl (C=O) groups excluding carboxylic acids is 1. The van der Waals surface area contributed by atoms with Crippen LogP contribution in [0.1, 0.15) is 45.2 Å². The topological polar surface area (TPSA) is 88.6 Å². The number of carbonyl (C=O) groups is 1. The van der Waals surface area contributed by atoms with Gasteiger partial charge in [0.1, 0.15) is 0 Å². The van der Waals surface area contributed by atoms with Crippen LogP contribution in [0.4, 0.5) is 32.0 Å². The minimum absolute atomic E-state index is 0. The molecule has 0 spiro atoms. The lowest BCUT2D eigenvalue weighted by molar-refractivity contribution is -0.138. The molecule has 0 radical (unpaired) electrons. The maximum absolute atomic E-state index is 13.3. The van der Waals surface area contributed by atoms with E-state index in [9.17, 15) is 48.0 Å². The van der Waals surface area contributed by atoms with Crippen LogP contribution in [0.15, 0.2) is 52.3 Å². The molecule has 38 heavy (non-hydrogen) atoms. The van der Waals surface area contributed by atoms with Gasteiger partial charge in [0.05, 0.1) is 31.4 Å². The Balaban J connectivity index is 0.00000507. The Morgan fingerprint density at radius 2 is 1.42 bits per heavy atom. The molecule has 0 bridgehead atoms. The molecule has 212 valence electrons. The second kappa shape index (κ2) is 10.2. The molecule has 2 aromatic rings. The molecule has 0 aromatic heterocycles. The monoisotopic (exact) mass is 587 g/mol. The molecule has 1 saturated heterocycles. The highest BCUT2D eigenvalue weighted by atomic mass is 32.2. The maximum Gasteiger partial charge on any atom is 0.416 e. The molecular formula is C24H27F6NO5S2. The number of nitrogens with zero attached hydrogens (tertiary/aromatic N) is 1. The van der Waals surface area contributed by atoms with E-state index < -0.39 is 75.9 Å². The molecule has 1 amide bonds. The van der Waals surface area contributed by atoms with Crippen molar-refractivity contribution in [1.82, 2.24) is 0 Å². The van der Waals surface area contributed by atoms with E-state index in [0.717, 1.165) is 29.2 Å². The van der Waals surface area contributed by atoms with E-state index in [1.807, 2.05) is 0 Å². The van der Waals surface area contributed by atoms with Crippen LogP contribution in [0.3, 0.4) is 0 Å². The number of hydrogen-bond acceptors (Lipinski definition) is 5. The van der Waals surface area contributed by atoms with Crippen molar-refractivity contribution in [2.75, 3.05) is 17.7 Å². The van der Waals surface area contributed by atoms with Crippen molar-refractivity contribution in [2.24, 2.45) is 5.92 Å². The zero-order valence-corrected chi connectivity index (χ0v) is 21.4. The van der Waals surface area contributed by atoms with Gasteiger partial charge in [-0.3, -0.25) is 4.79 Å². The molecule has 1 fully saturated rings. The first-order valence-corrected chi connectivity index (χ1v) is 14.2. The molecule has 0 saturated carbocycles. The highest BCUT2D eigenvalue weighted by molar-refractivity contribution is 7.92. The third kappa shape index (κ3) is 6.00. The predicted octanol–water partition coefficient (Wildman–Crippen LogP) is 5.76. The summed E-state index contributed by atoms with van der Waals surface area (Å²) in [5.41, 5.74) is -2.63. The summed E-state index contributed by atoms with van der Waals surface area (Å²) in [5, 5.41) is 0. The molecule has 1 atom stereocenters. The van der Waals surface area contributed by atoms with Crippen LogP contribution in [0.25, 0.3) is 0 Å². The molecule has 2 aromatic carbocycles. The van der Waals surface area contributed by atoms with Gasteiger partial charge in [-0.2, -0.15) is 26.3 Å². The minimum atomic E-state index is -4.82. The maximum atomic E-state index is 13.3. The van der Waals surface area contributed by atoms with Gasteiger partial charge in [0.25, 0.3) is 0 Å². The number of benzene rings is 2. The van der Waals surface area contributed by atoms with E-state index >= 15 is 0 Å². The van der Waals surface area contributed by atoms with Crippen LogP contribution in [0.2, 0.25) is 0 Å². The van der Waals surface area contributed by atoms with E-state index in [1.54, 1.807) is 0 Å². The van der Waals surface area contributed by atoms with Gasteiger partial charge in [-0.05, 0) is 62.6 Å². The molecule has 1 aliphatic rings. The average molecular weight is 588 g/mol. The van der Waals surface area contributed by atoms with E-state index in [1.165, 1.54) is 13.8 Å². The lowest BCUT2D eigenvalue weighted by Crippen LogP contribution is -2.49. The molecule has 0 unspecified atom stereocenters. The van der Waals surface area contributed by atoms with Crippen molar-refractivity contribution in [3.63, 3.8) is 0 Å². The van der Waals surface area contributed by atoms with Crippen LogP contribution in [-0.2, 0) is 36.8 Å². The quantitative estimate of drug-likeness (QED) is 0.415. The third-order valence-electron chi connectivity index (χ3n) is 6.55. The molecule has 1 aliphatic heterocycles. The van der Waals surface area contributed by atoms with Crippen molar-refractivity contribution < 1.29 is 48.0 Å². The number of anilines is 1. The first-order valence-electron chi connectivity index (χ1n) is 10.8. The van der Waals surface area contributed by atoms with E-state index in [-0.39, 0.29) is 26.1 Å². The van der Waals surface area contributed by atoms with Crippen LogP contribution in [-0.4, -0.2) is 40.3 Å². The molecular weight excluding hydrogens is 560 g/mol. The van der Waals surface area contributed by atoms with E-state index in [0.29, 0.717) is 24.5 Å². The van der Waals surface area contributed by atoms with Crippen LogP contribution in [0, 0.1) is 5.92 Å². The third-order valence-corrected chi connectivity index (χ3v) is 10.3. The fourth-order valence-electron chi connectivity index (χ4n) is 4.25. The van der Waals surface area contributed by atoms with E-state index in [2.05, 4.69) is 0 Å². The summed E-state index contributed by atoms with van der Waals surface area (Å²) in [5.74, 6) is -1.60. The van der Waals surface area contributed by atoms with Crippen molar-refractivity contribution >= 4 is 31.3 Å². The molecule has 14 heteroatoms. The summed E-state index contributed by atoms with van der Waals surface area (Å²) in [6.45, 7) is 2.37. The normalized spacial score (nSPS) is 17.8. The van der Waals surface area contributed by atoms with E-state index in [4.69, 9.17) is 0 Å². The Morgan fingerprint density at radius 1 is 0.868 bits per heavy atom. The van der Waals surface area contributed by atoms with Gasteiger partial charge < -0.3 is 4.90 Å². The number of hydrogen-bond donors (Lipinski definition) is 0. The number of piperidine rings is 1. The second-order valence-electron chi connectivity index (χ2n) is 9.32. The van der Waals surface area contributed by atoms with Gasteiger partial charge in [0.2, 0.25) is 5.91 Å². The lowest BCUT2D eigenvalue weighted by Gasteiger charge is -2.40. The second-order valence-corrected chi connectivity index (χ2v) is 13.8.